The van der Waals surface area contributed by atoms with Crippen LogP contribution in [0.3, 0.4) is 0 Å². The number of amides is 1. The molecule has 1 aliphatic heterocycles. The Balaban J connectivity index is 1.22. The number of pyridine rings is 1. The Morgan fingerprint density at radius 2 is 1.85 bits per heavy atom. The standard InChI is InChI=1S/C29H29N7O3/c1-21-4-5-22(17-27(21)34-29-31-12-10-26(33-29)23-3-2-11-30-18-23)28(38)32-24-6-8-25(9-7-24)36-15-13-35(14-16-36)19-39-20-37/h2-12,17-18,20H,13-16,19H2,1H3,(H,32,38)(H,31,33,34). The van der Waals surface area contributed by atoms with E-state index in [0.717, 1.165) is 54.4 Å². The molecule has 0 aliphatic carbocycles. The zero-order valence-electron chi connectivity index (χ0n) is 21.6. The van der Waals surface area contributed by atoms with Crippen molar-refractivity contribution in [1.82, 2.24) is 19.9 Å². The topological polar surface area (TPSA) is 113 Å². The molecular formula is C29H29N7O3. The highest BCUT2D eigenvalue weighted by Crippen LogP contribution is 2.24. The Bertz CT molecular complexity index is 1420. The van der Waals surface area contributed by atoms with Crippen molar-refractivity contribution in [3.63, 3.8) is 0 Å². The molecule has 3 heterocycles. The summed E-state index contributed by atoms with van der Waals surface area (Å²) in [6.07, 6.45) is 5.16. The van der Waals surface area contributed by atoms with E-state index in [0.29, 0.717) is 30.4 Å². The molecule has 1 saturated heterocycles. The second kappa shape index (κ2) is 12.1. The van der Waals surface area contributed by atoms with Crippen LogP contribution >= 0.6 is 0 Å². The van der Waals surface area contributed by atoms with E-state index in [4.69, 9.17) is 4.74 Å². The van der Waals surface area contributed by atoms with E-state index in [-0.39, 0.29) is 5.91 Å². The maximum Gasteiger partial charge on any atom is 0.294 e. The van der Waals surface area contributed by atoms with Gasteiger partial charge in [-0.05, 0) is 67.1 Å². The number of benzene rings is 2. The van der Waals surface area contributed by atoms with Gasteiger partial charge in [0, 0.05) is 73.0 Å². The van der Waals surface area contributed by atoms with Crippen LogP contribution in [-0.2, 0) is 9.53 Å². The smallest absolute Gasteiger partial charge is 0.294 e. The Kier molecular flexibility index (Phi) is 8.03. The van der Waals surface area contributed by atoms with Gasteiger partial charge in [-0.2, -0.15) is 0 Å². The molecule has 0 spiro atoms. The molecule has 10 nitrogen and oxygen atoms in total. The third-order valence-electron chi connectivity index (χ3n) is 6.55. The molecule has 10 heteroatoms. The molecule has 5 rings (SSSR count). The van der Waals surface area contributed by atoms with E-state index in [9.17, 15) is 9.59 Å². The van der Waals surface area contributed by atoms with Gasteiger partial charge in [0.2, 0.25) is 5.95 Å². The van der Waals surface area contributed by atoms with Crippen molar-refractivity contribution >= 4 is 35.4 Å². The van der Waals surface area contributed by atoms with Crippen LogP contribution in [0, 0.1) is 6.92 Å². The summed E-state index contributed by atoms with van der Waals surface area (Å²) < 4.78 is 4.84. The van der Waals surface area contributed by atoms with Crippen molar-refractivity contribution in [1.29, 1.82) is 0 Å². The minimum absolute atomic E-state index is 0.209. The molecular weight excluding hydrogens is 494 g/mol. The molecule has 4 aromatic rings. The molecule has 198 valence electrons. The maximum absolute atomic E-state index is 13.0. The zero-order chi connectivity index (χ0) is 27.0. The number of carbonyl (C=O) groups excluding carboxylic acids is 2. The maximum atomic E-state index is 13.0. The van der Waals surface area contributed by atoms with Gasteiger partial charge in [-0.25, -0.2) is 9.97 Å². The normalized spacial score (nSPS) is 13.5. The highest BCUT2D eigenvalue weighted by molar-refractivity contribution is 6.05. The van der Waals surface area contributed by atoms with Crippen LogP contribution in [0.25, 0.3) is 11.3 Å². The van der Waals surface area contributed by atoms with Crippen molar-refractivity contribution in [2.24, 2.45) is 0 Å². The van der Waals surface area contributed by atoms with Crippen molar-refractivity contribution < 1.29 is 14.3 Å². The summed E-state index contributed by atoms with van der Waals surface area (Å²) in [5.41, 5.74) is 5.67. The minimum Gasteiger partial charge on any atom is -0.452 e. The molecule has 2 N–H and O–H groups in total. The number of aromatic nitrogens is 3. The summed E-state index contributed by atoms with van der Waals surface area (Å²) >= 11 is 0. The third-order valence-corrected chi connectivity index (χ3v) is 6.55. The molecule has 2 aromatic heterocycles. The van der Waals surface area contributed by atoms with E-state index in [1.165, 1.54) is 0 Å². The lowest BCUT2D eigenvalue weighted by Gasteiger charge is -2.35. The number of carbonyl (C=O) groups is 2. The SMILES string of the molecule is Cc1ccc(C(=O)Nc2ccc(N3CCN(COC=O)CC3)cc2)cc1Nc1nccc(-c2cccnc2)n1. The Morgan fingerprint density at radius 1 is 1.03 bits per heavy atom. The molecule has 0 saturated carbocycles. The van der Waals surface area contributed by atoms with Crippen LogP contribution in [0.2, 0.25) is 0 Å². The van der Waals surface area contributed by atoms with Crippen molar-refractivity contribution in [3.8, 4) is 11.3 Å². The first-order valence-corrected chi connectivity index (χ1v) is 12.6. The highest BCUT2D eigenvalue weighted by atomic mass is 16.5. The van der Waals surface area contributed by atoms with Gasteiger partial charge in [0.05, 0.1) is 5.69 Å². The van der Waals surface area contributed by atoms with Crippen molar-refractivity contribution in [2.75, 3.05) is 48.4 Å². The predicted molar refractivity (Wildman–Crippen MR) is 150 cm³/mol. The predicted octanol–water partition coefficient (Wildman–Crippen LogP) is 4.10. The molecule has 0 atom stereocenters. The van der Waals surface area contributed by atoms with Gasteiger partial charge >= 0.3 is 0 Å². The molecule has 1 fully saturated rings. The average Bonchev–Trinajstić information content (AvgIpc) is 2.98. The van der Waals surface area contributed by atoms with E-state index >= 15 is 0 Å². The second-order valence-electron chi connectivity index (χ2n) is 9.16. The van der Waals surface area contributed by atoms with Crippen molar-refractivity contribution in [2.45, 2.75) is 6.92 Å². The number of aryl methyl sites for hydroxylation is 1. The van der Waals surface area contributed by atoms with E-state index in [1.807, 2.05) is 55.5 Å². The van der Waals surface area contributed by atoms with E-state index in [2.05, 4.69) is 35.4 Å². The van der Waals surface area contributed by atoms with Crippen LogP contribution in [0.5, 0.6) is 0 Å². The van der Waals surface area contributed by atoms with Gasteiger partial charge in [0.1, 0.15) is 6.73 Å². The fraction of sp³-hybridized carbons (Fsp3) is 0.207. The summed E-state index contributed by atoms with van der Waals surface area (Å²) in [7, 11) is 0. The number of hydrogen-bond acceptors (Lipinski definition) is 9. The van der Waals surface area contributed by atoms with Gasteiger partial charge in [-0.3, -0.25) is 19.5 Å². The fourth-order valence-electron chi connectivity index (χ4n) is 4.34. The van der Waals surface area contributed by atoms with Crippen molar-refractivity contribution in [3.05, 3.63) is 90.4 Å². The second-order valence-corrected chi connectivity index (χ2v) is 9.16. The number of ether oxygens (including phenoxy) is 1. The highest BCUT2D eigenvalue weighted by Gasteiger charge is 2.17. The largest absolute Gasteiger partial charge is 0.452 e. The first-order chi connectivity index (χ1) is 19.1. The number of nitrogens with zero attached hydrogens (tertiary/aromatic N) is 5. The third kappa shape index (κ3) is 6.55. The van der Waals surface area contributed by atoms with Gasteiger partial charge in [0.25, 0.3) is 12.4 Å². The fourth-order valence-corrected chi connectivity index (χ4v) is 4.34. The molecule has 0 unspecified atom stereocenters. The van der Waals surface area contributed by atoms with Crippen LogP contribution in [0.4, 0.5) is 23.0 Å². The molecule has 39 heavy (non-hydrogen) atoms. The molecule has 1 aliphatic rings. The summed E-state index contributed by atoms with van der Waals surface area (Å²) in [6, 6.07) is 18.9. The minimum atomic E-state index is -0.209. The molecule has 0 radical (unpaired) electrons. The van der Waals surface area contributed by atoms with Crippen LogP contribution in [-0.4, -0.2) is 65.1 Å². The summed E-state index contributed by atoms with van der Waals surface area (Å²) in [5.74, 6) is 0.226. The number of anilines is 4. The van der Waals surface area contributed by atoms with Gasteiger partial charge in [0.15, 0.2) is 0 Å². The van der Waals surface area contributed by atoms with Gasteiger partial charge in [-0.15, -0.1) is 0 Å². The number of nitrogens with one attached hydrogen (secondary N) is 2. The number of piperazine rings is 1. The summed E-state index contributed by atoms with van der Waals surface area (Å²) in [5, 5.41) is 6.22. The Labute approximate surface area is 226 Å². The lowest BCUT2D eigenvalue weighted by Crippen LogP contribution is -2.47. The van der Waals surface area contributed by atoms with E-state index < -0.39 is 0 Å². The lowest BCUT2D eigenvalue weighted by atomic mass is 10.1. The first kappa shape index (κ1) is 25.8. The summed E-state index contributed by atoms with van der Waals surface area (Å²) in [4.78, 5) is 40.9. The first-order valence-electron chi connectivity index (χ1n) is 12.6. The van der Waals surface area contributed by atoms with Gasteiger partial charge in [-0.1, -0.05) is 6.07 Å². The van der Waals surface area contributed by atoms with Crippen LogP contribution in [0.15, 0.2) is 79.3 Å². The molecule has 2 aromatic carbocycles. The van der Waals surface area contributed by atoms with Gasteiger partial charge < -0.3 is 20.3 Å². The average molecular weight is 524 g/mol. The lowest BCUT2D eigenvalue weighted by molar-refractivity contribution is -0.133. The van der Waals surface area contributed by atoms with E-state index in [1.54, 1.807) is 30.7 Å². The Hall–Kier alpha value is -4.83. The number of hydrogen-bond donors (Lipinski definition) is 2. The monoisotopic (exact) mass is 523 g/mol. The molecule has 1 amide bonds. The quantitative estimate of drug-likeness (QED) is 0.313. The van der Waals surface area contributed by atoms with Crippen LogP contribution in [0.1, 0.15) is 15.9 Å². The summed E-state index contributed by atoms with van der Waals surface area (Å²) in [6.45, 7) is 6.06. The molecule has 0 bridgehead atoms. The Morgan fingerprint density at radius 3 is 2.59 bits per heavy atom. The zero-order valence-corrected chi connectivity index (χ0v) is 21.6. The van der Waals surface area contributed by atoms with Crippen LogP contribution < -0.4 is 15.5 Å². The number of rotatable bonds is 9.